The van der Waals surface area contributed by atoms with Crippen molar-refractivity contribution in [2.45, 2.75) is 39.7 Å². The number of carboxylic acid groups (broad SMARTS) is 1. The number of likely N-dealkylation sites (N-methyl/N-ethyl adjacent to an activating group) is 1. The standard InChI is InChI=1S/C16H25NO3/c1-5-12-20-14-10-8-13(9-11-14)16(4,15(18)19)17(6-2)7-3/h8-11H,5-7,12H2,1-4H3,(H,18,19). The summed E-state index contributed by atoms with van der Waals surface area (Å²) >= 11 is 0. The Balaban J connectivity index is 3.06. The van der Waals surface area contributed by atoms with Crippen molar-refractivity contribution in [1.82, 2.24) is 4.90 Å². The lowest BCUT2D eigenvalue weighted by molar-refractivity contribution is -0.151. The zero-order valence-corrected chi connectivity index (χ0v) is 12.8. The van der Waals surface area contributed by atoms with E-state index in [1.54, 1.807) is 6.92 Å². The van der Waals surface area contributed by atoms with Crippen LogP contribution in [0, 0.1) is 0 Å². The molecule has 1 aromatic carbocycles. The second-order valence-corrected chi connectivity index (χ2v) is 4.92. The van der Waals surface area contributed by atoms with Gasteiger partial charge in [-0.15, -0.1) is 0 Å². The lowest BCUT2D eigenvalue weighted by atomic mass is 9.90. The summed E-state index contributed by atoms with van der Waals surface area (Å²) in [6, 6.07) is 7.38. The molecule has 4 heteroatoms. The molecule has 0 aromatic heterocycles. The number of benzene rings is 1. The molecular weight excluding hydrogens is 254 g/mol. The molecule has 0 bridgehead atoms. The fourth-order valence-corrected chi connectivity index (χ4v) is 2.39. The summed E-state index contributed by atoms with van der Waals surface area (Å²) in [4.78, 5) is 13.7. The molecule has 0 aliphatic carbocycles. The third-order valence-corrected chi connectivity index (χ3v) is 3.70. The van der Waals surface area contributed by atoms with Gasteiger partial charge in [0.25, 0.3) is 0 Å². The van der Waals surface area contributed by atoms with Crippen LogP contribution < -0.4 is 4.74 Å². The molecule has 0 saturated heterocycles. The molecule has 0 aliphatic rings. The fourth-order valence-electron chi connectivity index (χ4n) is 2.39. The third kappa shape index (κ3) is 3.31. The molecule has 0 fully saturated rings. The molecule has 0 radical (unpaired) electrons. The van der Waals surface area contributed by atoms with Crippen LogP contribution >= 0.6 is 0 Å². The van der Waals surface area contributed by atoms with Crippen LogP contribution in [0.4, 0.5) is 0 Å². The molecule has 0 spiro atoms. The van der Waals surface area contributed by atoms with Crippen molar-refractivity contribution in [2.75, 3.05) is 19.7 Å². The Bertz CT molecular complexity index is 426. The number of nitrogens with zero attached hydrogens (tertiary/aromatic N) is 1. The van der Waals surface area contributed by atoms with E-state index in [1.807, 2.05) is 43.0 Å². The molecular formula is C16H25NO3. The minimum absolute atomic E-state index is 0.672. The van der Waals surface area contributed by atoms with Crippen LogP contribution in [-0.2, 0) is 10.3 Å². The summed E-state index contributed by atoms with van der Waals surface area (Å²) in [5, 5.41) is 9.66. The van der Waals surface area contributed by atoms with Crippen molar-refractivity contribution in [3.05, 3.63) is 29.8 Å². The molecule has 1 aromatic rings. The Morgan fingerprint density at radius 1 is 1.20 bits per heavy atom. The lowest BCUT2D eigenvalue weighted by Crippen LogP contribution is -2.49. The first kappa shape index (κ1) is 16.5. The second-order valence-electron chi connectivity index (χ2n) is 4.92. The highest BCUT2D eigenvalue weighted by atomic mass is 16.5. The van der Waals surface area contributed by atoms with Gasteiger partial charge in [-0.2, -0.15) is 0 Å². The smallest absolute Gasteiger partial charge is 0.328 e. The van der Waals surface area contributed by atoms with E-state index in [0.29, 0.717) is 19.7 Å². The highest BCUT2D eigenvalue weighted by molar-refractivity contribution is 5.80. The first-order valence-electron chi connectivity index (χ1n) is 7.22. The number of hydrogen-bond acceptors (Lipinski definition) is 3. The van der Waals surface area contributed by atoms with Crippen LogP contribution in [0.25, 0.3) is 0 Å². The maximum atomic E-state index is 11.8. The van der Waals surface area contributed by atoms with Crippen LogP contribution in [-0.4, -0.2) is 35.7 Å². The summed E-state index contributed by atoms with van der Waals surface area (Å²) < 4.78 is 5.54. The molecule has 1 rings (SSSR count). The molecule has 0 heterocycles. The van der Waals surface area contributed by atoms with Gasteiger partial charge in [-0.1, -0.05) is 32.9 Å². The van der Waals surface area contributed by atoms with E-state index in [4.69, 9.17) is 4.74 Å². The van der Waals surface area contributed by atoms with Gasteiger partial charge in [0.15, 0.2) is 0 Å². The van der Waals surface area contributed by atoms with Crippen molar-refractivity contribution >= 4 is 5.97 Å². The van der Waals surface area contributed by atoms with Crippen LogP contribution in [0.3, 0.4) is 0 Å². The number of carbonyl (C=O) groups is 1. The second kappa shape index (κ2) is 7.29. The normalized spacial score (nSPS) is 14.1. The number of aliphatic carboxylic acids is 1. The fraction of sp³-hybridized carbons (Fsp3) is 0.562. The summed E-state index contributed by atoms with van der Waals surface area (Å²) in [6.07, 6.45) is 0.952. The largest absolute Gasteiger partial charge is 0.494 e. The number of carboxylic acids is 1. The van der Waals surface area contributed by atoms with E-state index in [2.05, 4.69) is 6.92 Å². The molecule has 1 atom stereocenters. The monoisotopic (exact) mass is 279 g/mol. The van der Waals surface area contributed by atoms with Crippen molar-refractivity contribution in [3.63, 3.8) is 0 Å². The van der Waals surface area contributed by atoms with Gasteiger partial charge >= 0.3 is 5.97 Å². The maximum absolute atomic E-state index is 11.8. The molecule has 1 unspecified atom stereocenters. The Labute approximate surface area is 121 Å². The van der Waals surface area contributed by atoms with Crippen molar-refractivity contribution < 1.29 is 14.6 Å². The number of ether oxygens (including phenoxy) is 1. The summed E-state index contributed by atoms with van der Waals surface area (Å²) in [6.45, 7) is 9.81. The van der Waals surface area contributed by atoms with Crippen molar-refractivity contribution in [1.29, 1.82) is 0 Å². The van der Waals surface area contributed by atoms with Crippen LogP contribution in [0.1, 0.15) is 39.7 Å². The van der Waals surface area contributed by atoms with Gasteiger partial charge in [0, 0.05) is 0 Å². The molecule has 1 N–H and O–H groups in total. The predicted octanol–water partition coefficient (Wildman–Crippen LogP) is 3.12. The predicted molar refractivity (Wildman–Crippen MR) is 80.1 cm³/mol. The molecule has 112 valence electrons. The number of rotatable bonds is 8. The summed E-state index contributed by atoms with van der Waals surface area (Å²) in [5.41, 5.74) is -0.232. The van der Waals surface area contributed by atoms with Gasteiger partial charge in [-0.05, 0) is 44.1 Å². The Morgan fingerprint density at radius 3 is 2.15 bits per heavy atom. The van der Waals surface area contributed by atoms with Crippen LogP contribution in [0.2, 0.25) is 0 Å². The Morgan fingerprint density at radius 2 is 1.75 bits per heavy atom. The molecule has 0 aliphatic heterocycles. The van der Waals surface area contributed by atoms with Crippen LogP contribution in [0.5, 0.6) is 5.75 Å². The van der Waals surface area contributed by atoms with Gasteiger partial charge in [-0.3, -0.25) is 4.90 Å². The van der Waals surface area contributed by atoms with Gasteiger partial charge < -0.3 is 9.84 Å². The quantitative estimate of drug-likeness (QED) is 0.794. The first-order chi connectivity index (χ1) is 9.50. The Kier molecular flexibility index (Phi) is 6.02. The van der Waals surface area contributed by atoms with Crippen molar-refractivity contribution in [3.8, 4) is 5.75 Å². The average molecular weight is 279 g/mol. The minimum Gasteiger partial charge on any atom is -0.494 e. The minimum atomic E-state index is -1.01. The van der Waals surface area contributed by atoms with E-state index in [0.717, 1.165) is 17.7 Å². The third-order valence-electron chi connectivity index (χ3n) is 3.70. The van der Waals surface area contributed by atoms with E-state index in [-0.39, 0.29) is 0 Å². The van der Waals surface area contributed by atoms with Crippen LogP contribution in [0.15, 0.2) is 24.3 Å². The van der Waals surface area contributed by atoms with Gasteiger partial charge in [0.05, 0.1) is 6.61 Å². The highest BCUT2D eigenvalue weighted by Gasteiger charge is 2.39. The molecule has 4 nitrogen and oxygen atoms in total. The molecule has 20 heavy (non-hydrogen) atoms. The lowest BCUT2D eigenvalue weighted by Gasteiger charge is -2.37. The SMILES string of the molecule is CCCOc1ccc(C(C)(C(=O)O)N(CC)CC)cc1. The first-order valence-corrected chi connectivity index (χ1v) is 7.22. The zero-order valence-electron chi connectivity index (χ0n) is 12.8. The van der Waals surface area contributed by atoms with E-state index < -0.39 is 11.5 Å². The zero-order chi connectivity index (χ0) is 15.2. The number of hydrogen-bond donors (Lipinski definition) is 1. The topological polar surface area (TPSA) is 49.8 Å². The van der Waals surface area contributed by atoms with E-state index >= 15 is 0 Å². The Hall–Kier alpha value is -1.55. The summed E-state index contributed by atoms with van der Waals surface area (Å²) in [5.74, 6) is -0.0497. The van der Waals surface area contributed by atoms with Gasteiger partial charge in [0.1, 0.15) is 11.3 Å². The molecule has 0 saturated carbocycles. The van der Waals surface area contributed by atoms with Gasteiger partial charge in [0.2, 0.25) is 0 Å². The highest BCUT2D eigenvalue weighted by Crippen LogP contribution is 2.30. The van der Waals surface area contributed by atoms with E-state index in [9.17, 15) is 9.90 Å². The van der Waals surface area contributed by atoms with E-state index in [1.165, 1.54) is 0 Å². The summed E-state index contributed by atoms with van der Waals surface area (Å²) in [7, 11) is 0. The van der Waals surface area contributed by atoms with Crippen molar-refractivity contribution in [2.24, 2.45) is 0 Å². The maximum Gasteiger partial charge on any atom is 0.328 e. The average Bonchev–Trinajstić information content (AvgIpc) is 2.46. The molecule has 0 amide bonds. The van der Waals surface area contributed by atoms with Gasteiger partial charge in [-0.25, -0.2) is 4.79 Å².